The van der Waals surface area contributed by atoms with E-state index in [9.17, 15) is 4.79 Å². The second-order valence-electron chi connectivity index (χ2n) is 6.50. The highest BCUT2D eigenvalue weighted by atomic mass is 16.5. The second-order valence-corrected chi connectivity index (χ2v) is 6.50. The van der Waals surface area contributed by atoms with Crippen LogP contribution < -0.4 is 0 Å². The summed E-state index contributed by atoms with van der Waals surface area (Å²) in [6.45, 7) is 10.8. The van der Waals surface area contributed by atoms with Crippen molar-refractivity contribution in [2.24, 2.45) is 11.8 Å². The van der Waals surface area contributed by atoms with Gasteiger partial charge in [-0.05, 0) is 50.5 Å². The molecule has 128 valence electrons. The predicted octanol–water partition coefficient (Wildman–Crippen LogP) is 4.92. The molecule has 0 rings (SSSR count). The van der Waals surface area contributed by atoms with Gasteiger partial charge in [0.15, 0.2) is 0 Å². The van der Waals surface area contributed by atoms with E-state index in [4.69, 9.17) is 4.74 Å². The average Bonchev–Trinajstić information content (AvgIpc) is 2.51. The summed E-state index contributed by atoms with van der Waals surface area (Å²) in [5.74, 6) is 0.875. The van der Waals surface area contributed by atoms with Crippen LogP contribution in [-0.2, 0) is 14.3 Å². The van der Waals surface area contributed by atoms with Crippen LogP contribution >= 0.6 is 0 Å². The fraction of sp³-hybridized carbons (Fsp3) is 0.737. The van der Waals surface area contributed by atoms with E-state index in [0.717, 1.165) is 18.4 Å². The van der Waals surface area contributed by atoms with Crippen LogP contribution in [0.25, 0.3) is 0 Å². The Balaban J connectivity index is 4.23. The zero-order valence-corrected chi connectivity index (χ0v) is 15.4. The molecule has 3 atom stereocenters. The zero-order valence-electron chi connectivity index (χ0n) is 15.4. The third kappa shape index (κ3) is 7.79. The van der Waals surface area contributed by atoms with Gasteiger partial charge in [0, 0.05) is 13.2 Å². The Bertz CT molecular complexity index is 378. The average molecular weight is 310 g/mol. The summed E-state index contributed by atoms with van der Waals surface area (Å²) < 4.78 is 10.3. The minimum Gasteiger partial charge on any atom is -0.466 e. The van der Waals surface area contributed by atoms with Gasteiger partial charge < -0.3 is 9.47 Å². The normalized spacial score (nSPS) is 18.0. The van der Waals surface area contributed by atoms with Gasteiger partial charge in [-0.1, -0.05) is 39.3 Å². The highest BCUT2D eigenvalue weighted by Crippen LogP contribution is 2.30. The van der Waals surface area contributed by atoms with E-state index in [1.54, 1.807) is 0 Å². The van der Waals surface area contributed by atoms with Crippen LogP contribution in [0.5, 0.6) is 0 Å². The van der Waals surface area contributed by atoms with Crippen LogP contribution in [0, 0.1) is 11.8 Å². The Hall–Kier alpha value is -1.09. The van der Waals surface area contributed by atoms with Crippen molar-refractivity contribution < 1.29 is 14.3 Å². The maximum atomic E-state index is 11.1. The number of hydrogen-bond acceptors (Lipinski definition) is 3. The molecule has 0 fully saturated rings. The van der Waals surface area contributed by atoms with Gasteiger partial charge in [0.05, 0.1) is 12.7 Å². The predicted molar refractivity (Wildman–Crippen MR) is 92.8 cm³/mol. The number of allylic oxidation sites excluding steroid dienone is 3. The molecule has 22 heavy (non-hydrogen) atoms. The Morgan fingerprint density at radius 2 is 1.86 bits per heavy atom. The Kier molecular flexibility index (Phi) is 10.1. The lowest BCUT2D eigenvalue weighted by Gasteiger charge is -2.34. The van der Waals surface area contributed by atoms with Gasteiger partial charge in [-0.25, -0.2) is 4.79 Å². The molecule has 3 nitrogen and oxygen atoms in total. The van der Waals surface area contributed by atoms with Crippen LogP contribution in [0.3, 0.4) is 0 Å². The number of rotatable bonds is 10. The quantitative estimate of drug-likeness (QED) is 0.326. The van der Waals surface area contributed by atoms with Crippen LogP contribution in [0.1, 0.15) is 60.3 Å². The first-order valence-electron chi connectivity index (χ1n) is 8.27. The summed E-state index contributed by atoms with van der Waals surface area (Å²) in [5.41, 5.74) is 0.903. The number of carbonyl (C=O) groups is 1. The van der Waals surface area contributed by atoms with Crippen molar-refractivity contribution in [3.63, 3.8) is 0 Å². The summed E-state index contributed by atoms with van der Waals surface area (Å²) in [6.07, 6.45) is 10.1. The minimum absolute atomic E-state index is 0.0185. The SMILES string of the molecule is CCC(C)(OC)C(C)CCC(C)CC=CC(C)=CC(=O)OC. The summed E-state index contributed by atoms with van der Waals surface area (Å²) in [5, 5.41) is 0. The summed E-state index contributed by atoms with van der Waals surface area (Å²) in [7, 11) is 3.20. The van der Waals surface area contributed by atoms with Gasteiger partial charge in [-0.2, -0.15) is 0 Å². The third-order valence-electron chi connectivity index (χ3n) is 4.77. The summed E-state index contributed by atoms with van der Waals surface area (Å²) >= 11 is 0. The van der Waals surface area contributed by atoms with Gasteiger partial charge in [0.1, 0.15) is 0 Å². The molecule has 0 aromatic carbocycles. The first-order valence-corrected chi connectivity index (χ1v) is 8.27. The number of carbonyl (C=O) groups excluding carboxylic acids is 1. The van der Waals surface area contributed by atoms with Crippen LogP contribution in [0.4, 0.5) is 0 Å². The van der Waals surface area contributed by atoms with Gasteiger partial charge >= 0.3 is 5.97 Å². The molecule has 0 aliphatic rings. The molecule has 3 heteroatoms. The molecule has 0 amide bonds. The van der Waals surface area contributed by atoms with E-state index in [-0.39, 0.29) is 11.6 Å². The van der Waals surface area contributed by atoms with Crippen molar-refractivity contribution in [1.29, 1.82) is 0 Å². The standard InChI is InChI=1S/C19H34O3/c1-8-19(5,22-7)17(4)13-12-15(2)10-9-11-16(3)14-18(20)21-6/h9,11,14-15,17H,8,10,12-13H2,1-7H3. The zero-order chi connectivity index (χ0) is 17.2. The maximum Gasteiger partial charge on any atom is 0.330 e. The molecule has 0 aliphatic heterocycles. The third-order valence-corrected chi connectivity index (χ3v) is 4.77. The Morgan fingerprint density at radius 1 is 1.23 bits per heavy atom. The van der Waals surface area contributed by atoms with Crippen molar-refractivity contribution in [3.8, 4) is 0 Å². The molecule has 0 aliphatic carbocycles. The van der Waals surface area contributed by atoms with Gasteiger partial charge in [-0.3, -0.25) is 0 Å². The molecule has 0 aromatic heterocycles. The first-order chi connectivity index (χ1) is 10.3. The fourth-order valence-corrected chi connectivity index (χ4v) is 2.43. The molecule has 0 saturated heterocycles. The minimum atomic E-state index is -0.303. The fourth-order valence-electron chi connectivity index (χ4n) is 2.43. The lowest BCUT2D eigenvalue weighted by Crippen LogP contribution is -2.34. The smallest absolute Gasteiger partial charge is 0.330 e. The molecule has 0 heterocycles. The molecule has 0 saturated carbocycles. The number of esters is 1. The maximum absolute atomic E-state index is 11.1. The second kappa shape index (κ2) is 10.6. The summed E-state index contributed by atoms with van der Waals surface area (Å²) in [6, 6.07) is 0. The topological polar surface area (TPSA) is 35.5 Å². The van der Waals surface area contributed by atoms with E-state index < -0.39 is 0 Å². The highest BCUT2D eigenvalue weighted by molar-refractivity contribution is 5.83. The molecule has 0 N–H and O–H groups in total. The highest BCUT2D eigenvalue weighted by Gasteiger charge is 2.28. The molecular weight excluding hydrogens is 276 g/mol. The molecule has 0 bridgehead atoms. The van der Waals surface area contributed by atoms with Crippen molar-refractivity contribution in [2.45, 2.75) is 65.9 Å². The number of ether oxygens (including phenoxy) is 2. The molecule has 0 spiro atoms. The Morgan fingerprint density at radius 3 is 2.36 bits per heavy atom. The van der Waals surface area contributed by atoms with E-state index in [2.05, 4.69) is 38.5 Å². The molecular formula is C19H34O3. The van der Waals surface area contributed by atoms with Crippen molar-refractivity contribution in [2.75, 3.05) is 14.2 Å². The van der Waals surface area contributed by atoms with E-state index in [0.29, 0.717) is 11.8 Å². The molecule has 3 unspecified atom stereocenters. The molecule has 0 radical (unpaired) electrons. The van der Waals surface area contributed by atoms with E-state index in [1.165, 1.54) is 26.0 Å². The van der Waals surface area contributed by atoms with Crippen LogP contribution in [0.15, 0.2) is 23.8 Å². The monoisotopic (exact) mass is 310 g/mol. The van der Waals surface area contributed by atoms with Crippen LogP contribution in [-0.4, -0.2) is 25.8 Å². The summed E-state index contributed by atoms with van der Waals surface area (Å²) in [4.78, 5) is 11.1. The van der Waals surface area contributed by atoms with Crippen LogP contribution in [0.2, 0.25) is 0 Å². The van der Waals surface area contributed by atoms with Crippen molar-refractivity contribution in [1.82, 2.24) is 0 Å². The molecule has 0 aromatic rings. The van der Waals surface area contributed by atoms with Gasteiger partial charge in [-0.15, -0.1) is 0 Å². The van der Waals surface area contributed by atoms with Crippen molar-refractivity contribution >= 4 is 5.97 Å². The lowest BCUT2D eigenvalue weighted by atomic mass is 9.83. The lowest BCUT2D eigenvalue weighted by molar-refractivity contribution is -0.134. The van der Waals surface area contributed by atoms with Gasteiger partial charge in [0.2, 0.25) is 0 Å². The first kappa shape index (κ1) is 20.9. The number of hydrogen-bond donors (Lipinski definition) is 0. The largest absolute Gasteiger partial charge is 0.466 e. The van der Waals surface area contributed by atoms with Crippen molar-refractivity contribution in [3.05, 3.63) is 23.8 Å². The van der Waals surface area contributed by atoms with E-state index >= 15 is 0 Å². The Labute approximate surface area is 136 Å². The van der Waals surface area contributed by atoms with E-state index in [1.807, 2.05) is 20.1 Å². The number of methoxy groups -OCH3 is 2. The van der Waals surface area contributed by atoms with Gasteiger partial charge in [0.25, 0.3) is 0 Å².